The predicted octanol–water partition coefficient (Wildman–Crippen LogP) is 3.34. The van der Waals surface area contributed by atoms with E-state index < -0.39 is 4.92 Å². The second-order valence-electron chi connectivity index (χ2n) is 3.03. The molecule has 0 atom stereocenters. The Bertz CT molecular complexity index is 502. The number of hydrogen-bond acceptors (Lipinski definition) is 4. The first-order valence-electron chi connectivity index (χ1n) is 4.55. The molecule has 1 aromatic carbocycles. The topological polar surface area (TPSA) is 83.7 Å². The molecule has 1 N–H and O–H groups in total. The van der Waals surface area contributed by atoms with E-state index in [4.69, 9.17) is 0 Å². The van der Waals surface area contributed by atoms with Gasteiger partial charge >= 0.3 is 0 Å². The van der Waals surface area contributed by atoms with Crippen LogP contribution in [0.3, 0.4) is 0 Å². The van der Waals surface area contributed by atoms with Crippen LogP contribution in [-0.2, 0) is 0 Å². The number of nitrogens with one attached hydrogen (secondary N) is 1. The standard InChI is InChI=1S/C10H8N4O2/c15-14(16)9-5-3-8(4-6-9)12-13-10-2-1-7-11-10/h1-7,11H. The van der Waals surface area contributed by atoms with E-state index in [1.54, 1.807) is 24.4 Å². The quantitative estimate of drug-likeness (QED) is 0.484. The molecular formula is C10H8N4O2. The highest BCUT2D eigenvalue weighted by Crippen LogP contribution is 2.19. The summed E-state index contributed by atoms with van der Waals surface area (Å²) in [6.45, 7) is 0. The Balaban J connectivity index is 2.14. The molecule has 0 unspecified atom stereocenters. The van der Waals surface area contributed by atoms with Crippen molar-refractivity contribution in [1.29, 1.82) is 0 Å². The van der Waals surface area contributed by atoms with Crippen molar-refractivity contribution in [2.24, 2.45) is 10.2 Å². The van der Waals surface area contributed by atoms with Crippen LogP contribution < -0.4 is 0 Å². The lowest BCUT2D eigenvalue weighted by Gasteiger charge is -1.92. The molecule has 0 aliphatic rings. The van der Waals surface area contributed by atoms with Gasteiger partial charge in [0.1, 0.15) is 0 Å². The van der Waals surface area contributed by atoms with Crippen LogP contribution in [0.5, 0.6) is 0 Å². The van der Waals surface area contributed by atoms with Crippen LogP contribution in [0, 0.1) is 10.1 Å². The van der Waals surface area contributed by atoms with E-state index in [0.717, 1.165) is 0 Å². The van der Waals surface area contributed by atoms with Crippen molar-refractivity contribution in [3.8, 4) is 0 Å². The smallest absolute Gasteiger partial charge is 0.269 e. The lowest BCUT2D eigenvalue weighted by molar-refractivity contribution is -0.384. The molecule has 0 saturated carbocycles. The Morgan fingerprint density at radius 1 is 1.12 bits per heavy atom. The molecule has 0 saturated heterocycles. The van der Waals surface area contributed by atoms with Crippen molar-refractivity contribution in [3.05, 3.63) is 52.7 Å². The summed E-state index contributed by atoms with van der Waals surface area (Å²) in [5.74, 6) is 0.637. The number of benzene rings is 1. The highest BCUT2D eigenvalue weighted by molar-refractivity contribution is 5.44. The number of nitro benzene ring substituents is 1. The number of non-ortho nitro benzene ring substituents is 1. The first kappa shape index (κ1) is 10.0. The molecule has 1 heterocycles. The molecule has 16 heavy (non-hydrogen) atoms. The minimum absolute atomic E-state index is 0.0406. The van der Waals surface area contributed by atoms with E-state index in [1.165, 1.54) is 12.1 Å². The van der Waals surface area contributed by atoms with Gasteiger partial charge in [0, 0.05) is 18.3 Å². The van der Waals surface area contributed by atoms with Crippen LogP contribution in [0.25, 0.3) is 0 Å². The molecule has 0 bridgehead atoms. The van der Waals surface area contributed by atoms with Gasteiger partial charge in [-0.25, -0.2) is 0 Å². The molecular weight excluding hydrogens is 208 g/mol. The molecule has 2 aromatic rings. The maximum absolute atomic E-state index is 10.4. The highest BCUT2D eigenvalue weighted by Gasteiger charge is 2.02. The van der Waals surface area contributed by atoms with Gasteiger partial charge in [-0.2, -0.15) is 0 Å². The van der Waals surface area contributed by atoms with E-state index >= 15 is 0 Å². The number of hydrogen-bond donors (Lipinski definition) is 1. The fourth-order valence-electron chi connectivity index (χ4n) is 1.14. The molecule has 2 rings (SSSR count). The monoisotopic (exact) mass is 216 g/mol. The van der Waals surface area contributed by atoms with Crippen LogP contribution in [0.15, 0.2) is 52.8 Å². The number of H-pyrrole nitrogens is 1. The fourth-order valence-corrected chi connectivity index (χ4v) is 1.14. The van der Waals surface area contributed by atoms with E-state index in [9.17, 15) is 10.1 Å². The minimum atomic E-state index is -0.452. The second-order valence-corrected chi connectivity index (χ2v) is 3.03. The minimum Gasteiger partial charge on any atom is -0.345 e. The second kappa shape index (κ2) is 4.35. The van der Waals surface area contributed by atoms with E-state index in [1.807, 2.05) is 6.07 Å². The van der Waals surface area contributed by atoms with Gasteiger partial charge in [0.05, 0.1) is 10.6 Å². The lowest BCUT2D eigenvalue weighted by atomic mass is 10.3. The third-order valence-corrected chi connectivity index (χ3v) is 1.92. The van der Waals surface area contributed by atoms with E-state index in [2.05, 4.69) is 15.2 Å². The molecule has 0 radical (unpaired) electrons. The maximum atomic E-state index is 10.4. The van der Waals surface area contributed by atoms with Crippen LogP contribution in [0.1, 0.15) is 0 Å². The third kappa shape index (κ3) is 2.30. The summed E-state index contributed by atoms with van der Waals surface area (Å²) in [7, 11) is 0. The van der Waals surface area contributed by atoms with Crippen LogP contribution in [-0.4, -0.2) is 9.91 Å². The summed E-state index contributed by atoms with van der Waals surface area (Å²) >= 11 is 0. The first-order chi connectivity index (χ1) is 7.75. The Hall–Kier alpha value is -2.50. The van der Waals surface area contributed by atoms with Gasteiger partial charge in [-0.3, -0.25) is 10.1 Å². The number of nitrogens with zero attached hydrogens (tertiary/aromatic N) is 3. The van der Waals surface area contributed by atoms with Gasteiger partial charge in [0.2, 0.25) is 0 Å². The van der Waals surface area contributed by atoms with Crippen LogP contribution >= 0.6 is 0 Å². The largest absolute Gasteiger partial charge is 0.345 e. The summed E-state index contributed by atoms with van der Waals surface area (Å²) in [6, 6.07) is 9.46. The van der Waals surface area contributed by atoms with Crippen molar-refractivity contribution in [3.63, 3.8) is 0 Å². The number of rotatable bonds is 3. The molecule has 0 fully saturated rings. The molecule has 0 amide bonds. The van der Waals surface area contributed by atoms with Gasteiger partial charge in [-0.1, -0.05) is 0 Å². The number of aromatic amines is 1. The van der Waals surface area contributed by atoms with Gasteiger partial charge in [-0.05, 0) is 24.3 Å². The Morgan fingerprint density at radius 2 is 1.88 bits per heavy atom. The normalized spacial score (nSPS) is 10.8. The zero-order chi connectivity index (χ0) is 11.4. The number of aromatic nitrogens is 1. The summed E-state index contributed by atoms with van der Waals surface area (Å²) in [6.07, 6.45) is 1.74. The zero-order valence-electron chi connectivity index (χ0n) is 8.20. The Kier molecular flexibility index (Phi) is 2.73. The predicted molar refractivity (Wildman–Crippen MR) is 58.1 cm³/mol. The molecule has 1 aromatic heterocycles. The third-order valence-electron chi connectivity index (χ3n) is 1.92. The van der Waals surface area contributed by atoms with E-state index in [0.29, 0.717) is 11.5 Å². The first-order valence-corrected chi connectivity index (χ1v) is 4.55. The molecule has 6 heteroatoms. The van der Waals surface area contributed by atoms with Crippen LogP contribution in [0.4, 0.5) is 17.2 Å². The van der Waals surface area contributed by atoms with Gasteiger partial charge in [0.25, 0.3) is 5.69 Å². The fraction of sp³-hybridized carbons (Fsp3) is 0. The SMILES string of the molecule is O=[N+]([O-])c1ccc(N=Nc2ccc[nH]2)cc1. The van der Waals surface area contributed by atoms with Crippen molar-refractivity contribution >= 4 is 17.2 Å². The molecule has 0 aliphatic carbocycles. The van der Waals surface area contributed by atoms with Crippen molar-refractivity contribution < 1.29 is 4.92 Å². The summed E-state index contributed by atoms with van der Waals surface area (Å²) < 4.78 is 0. The van der Waals surface area contributed by atoms with Gasteiger partial charge in [0.15, 0.2) is 5.82 Å². The molecule has 6 nitrogen and oxygen atoms in total. The van der Waals surface area contributed by atoms with Crippen molar-refractivity contribution in [2.75, 3.05) is 0 Å². The summed E-state index contributed by atoms with van der Waals surface area (Å²) in [5, 5.41) is 18.2. The number of nitro groups is 1. The average Bonchev–Trinajstić information content (AvgIpc) is 2.80. The average molecular weight is 216 g/mol. The lowest BCUT2D eigenvalue weighted by Crippen LogP contribution is -1.85. The van der Waals surface area contributed by atoms with Crippen LogP contribution in [0.2, 0.25) is 0 Å². The highest BCUT2D eigenvalue weighted by atomic mass is 16.6. The number of azo groups is 1. The van der Waals surface area contributed by atoms with Crippen molar-refractivity contribution in [2.45, 2.75) is 0 Å². The van der Waals surface area contributed by atoms with Crippen molar-refractivity contribution in [1.82, 2.24) is 4.98 Å². The van der Waals surface area contributed by atoms with Gasteiger partial charge < -0.3 is 4.98 Å². The maximum Gasteiger partial charge on any atom is 0.269 e. The van der Waals surface area contributed by atoms with E-state index in [-0.39, 0.29) is 5.69 Å². The zero-order valence-corrected chi connectivity index (χ0v) is 8.20. The summed E-state index contributed by atoms with van der Waals surface area (Å²) in [4.78, 5) is 12.8. The summed E-state index contributed by atoms with van der Waals surface area (Å²) in [5.41, 5.74) is 0.610. The molecule has 80 valence electrons. The Labute approximate surface area is 90.8 Å². The molecule has 0 spiro atoms. The Morgan fingerprint density at radius 3 is 2.44 bits per heavy atom. The van der Waals surface area contributed by atoms with Gasteiger partial charge in [-0.15, -0.1) is 10.2 Å². The molecule has 0 aliphatic heterocycles.